The zero-order valence-corrected chi connectivity index (χ0v) is 12.7. The molecule has 0 radical (unpaired) electrons. The van der Waals surface area contributed by atoms with Crippen LogP contribution in [0.5, 0.6) is 0 Å². The highest BCUT2D eigenvalue weighted by Gasteiger charge is 2.34. The summed E-state index contributed by atoms with van der Waals surface area (Å²) in [6.45, 7) is 7.23. The summed E-state index contributed by atoms with van der Waals surface area (Å²) in [6.07, 6.45) is 5.28. The first-order valence-corrected chi connectivity index (χ1v) is 7.77. The molecule has 3 rings (SSSR count). The number of aromatic carboxylic acids is 1. The Morgan fingerprint density at radius 1 is 1.38 bits per heavy atom. The van der Waals surface area contributed by atoms with Gasteiger partial charge in [0.1, 0.15) is 5.56 Å². The van der Waals surface area contributed by atoms with Crippen molar-refractivity contribution >= 4 is 11.7 Å². The van der Waals surface area contributed by atoms with Gasteiger partial charge < -0.3 is 10.0 Å². The zero-order chi connectivity index (χ0) is 15.0. The van der Waals surface area contributed by atoms with Crippen molar-refractivity contribution in [3.8, 4) is 0 Å². The quantitative estimate of drug-likeness (QED) is 0.904. The molecule has 2 aliphatic rings. The summed E-state index contributed by atoms with van der Waals surface area (Å²) in [5.41, 5.74) is 2.01. The van der Waals surface area contributed by atoms with Crippen LogP contribution in [-0.4, -0.2) is 52.7 Å². The van der Waals surface area contributed by atoms with E-state index in [4.69, 9.17) is 0 Å². The molecule has 1 aromatic rings. The van der Waals surface area contributed by atoms with E-state index in [-0.39, 0.29) is 0 Å². The van der Waals surface area contributed by atoms with Crippen LogP contribution in [0.25, 0.3) is 0 Å². The average molecular weight is 289 g/mol. The molecule has 5 nitrogen and oxygen atoms in total. The summed E-state index contributed by atoms with van der Waals surface area (Å²) in [7, 11) is 0. The normalized spacial score (nSPS) is 26.5. The predicted molar refractivity (Wildman–Crippen MR) is 82.0 cm³/mol. The van der Waals surface area contributed by atoms with Gasteiger partial charge in [-0.05, 0) is 39.3 Å². The third kappa shape index (κ3) is 2.75. The van der Waals surface area contributed by atoms with Gasteiger partial charge in [0.15, 0.2) is 0 Å². The fourth-order valence-electron chi connectivity index (χ4n) is 3.64. The predicted octanol–water partition coefficient (Wildman–Crippen LogP) is 2.15. The minimum atomic E-state index is -0.893. The SMILES string of the molecule is Cc1cc(N2CC3CCCCN3CC2C)c(C(=O)O)cn1. The lowest BCUT2D eigenvalue weighted by Gasteiger charge is -2.48. The monoisotopic (exact) mass is 289 g/mol. The van der Waals surface area contributed by atoms with Crippen molar-refractivity contribution < 1.29 is 9.90 Å². The first-order valence-electron chi connectivity index (χ1n) is 7.77. The number of carbonyl (C=O) groups is 1. The molecule has 0 spiro atoms. The van der Waals surface area contributed by atoms with Crippen LogP contribution >= 0.6 is 0 Å². The molecule has 0 bridgehead atoms. The Morgan fingerprint density at radius 3 is 2.95 bits per heavy atom. The number of anilines is 1. The number of fused-ring (bicyclic) bond motifs is 1. The number of piperazine rings is 1. The van der Waals surface area contributed by atoms with E-state index in [0.717, 1.165) is 24.5 Å². The smallest absolute Gasteiger partial charge is 0.339 e. The zero-order valence-electron chi connectivity index (χ0n) is 12.7. The van der Waals surface area contributed by atoms with Gasteiger partial charge in [-0.15, -0.1) is 0 Å². The van der Waals surface area contributed by atoms with E-state index in [1.54, 1.807) is 0 Å². The van der Waals surface area contributed by atoms with Crippen LogP contribution in [0.4, 0.5) is 5.69 Å². The minimum Gasteiger partial charge on any atom is -0.478 e. The molecule has 0 aromatic carbocycles. The summed E-state index contributed by atoms with van der Waals surface area (Å²) >= 11 is 0. The van der Waals surface area contributed by atoms with Crippen LogP contribution in [0.1, 0.15) is 42.2 Å². The molecule has 3 heterocycles. The number of carboxylic acids is 1. The van der Waals surface area contributed by atoms with Gasteiger partial charge in [0.05, 0.1) is 5.69 Å². The van der Waals surface area contributed by atoms with Crippen molar-refractivity contribution in [3.63, 3.8) is 0 Å². The van der Waals surface area contributed by atoms with Crippen molar-refractivity contribution in [1.29, 1.82) is 0 Å². The second kappa shape index (κ2) is 5.64. The Kier molecular flexibility index (Phi) is 3.85. The number of aromatic nitrogens is 1. The lowest BCUT2D eigenvalue weighted by molar-refractivity contribution is 0.0695. The van der Waals surface area contributed by atoms with Crippen molar-refractivity contribution in [3.05, 3.63) is 23.5 Å². The number of piperidine rings is 1. The molecule has 0 aliphatic carbocycles. The number of hydrogen-bond donors (Lipinski definition) is 1. The van der Waals surface area contributed by atoms with Crippen LogP contribution in [0, 0.1) is 6.92 Å². The second-order valence-corrected chi connectivity index (χ2v) is 6.29. The van der Waals surface area contributed by atoms with Gasteiger partial charge in [-0.1, -0.05) is 6.42 Å². The Balaban J connectivity index is 1.92. The molecule has 0 saturated carbocycles. The molecule has 2 aliphatic heterocycles. The molecule has 5 heteroatoms. The van der Waals surface area contributed by atoms with Crippen LogP contribution < -0.4 is 4.90 Å². The Bertz CT molecular complexity index is 546. The van der Waals surface area contributed by atoms with E-state index in [2.05, 4.69) is 21.7 Å². The van der Waals surface area contributed by atoms with E-state index in [9.17, 15) is 9.90 Å². The minimum absolute atomic E-state index is 0.316. The molecule has 0 amide bonds. The van der Waals surface area contributed by atoms with E-state index >= 15 is 0 Å². The van der Waals surface area contributed by atoms with Crippen LogP contribution in [-0.2, 0) is 0 Å². The molecule has 2 atom stereocenters. The summed E-state index contributed by atoms with van der Waals surface area (Å²) in [5, 5.41) is 9.43. The molecule has 1 N–H and O–H groups in total. The fraction of sp³-hybridized carbons (Fsp3) is 0.625. The topological polar surface area (TPSA) is 56.7 Å². The maximum absolute atomic E-state index is 11.5. The maximum Gasteiger partial charge on any atom is 0.339 e. The Labute approximate surface area is 125 Å². The molecule has 21 heavy (non-hydrogen) atoms. The van der Waals surface area contributed by atoms with E-state index in [1.165, 1.54) is 32.0 Å². The van der Waals surface area contributed by atoms with Crippen LogP contribution in [0.15, 0.2) is 12.3 Å². The second-order valence-electron chi connectivity index (χ2n) is 6.29. The van der Waals surface area contributed by atoms with Crippen molar-refractivity contribution in [2.75, 3.05) is 24.5 Å². The average Bonchev–Trinajstić information content (AvgIpc) is 2.46. The lowest BCUT2D eigenvalue weighted by Crippen LogP contribution is -2.59. The number of hydrogen-bond acceptors (Lipinski definition) is 4. The maximum atomic E-state index is 11.5. The highest BCUT2D eigenvalue weighted by molar-refractivity contribution is 5.94. The summed E-state index contributed by atoms with van der Waals surface area (Å²) in [5.74, 6) is -0.893. The van der Waals surface area contributed by atoms with Crippen LogP contribution in [0.3, 0.4) is 0 Å². The molecule has 114 valence electrons. The third-order valence-corrected chi connectivity index (χ3v) is 4.75. The van der Waals surface area contributed by atoms with Gasteiger partial charge >= 0.3 is 5.97 Å². The molecule has 2 saturated heterocycles. The molecular weight excluding hydrogens is 266 g/mol. The fourth-order valence-corrected chi connectivity index (χ4v) is 3.64. The lowest BCUT2D eigenvalue weighted by atomic mass is 9.96. The van der Waals surface area contributed by atoms with Crippen LogP contribution in [0.2, 0.25) is 0 Å². The number of nitrogens with zero attached hydrogens (tertiary/aromatic N) is 3. The van der Waals surface area contributed by atoms with E-state index in [0.29, 0.717) is 17.6 Å². The first-order chi connectivity index (χ1) is 10.1. The van der Waals surface area contributed by atoms with Gasteiger partial charge in [0, 0.05) is 37.1 Å². The van der Waals surface area contributed by atoms with Crippen molar-refractivity contribution in [2.45, 2.75) is 45.2 Å². The highest BCUT2D eigenvalue weighted by atomic mass is 16.4. The van der Waals surface area contributed by atoms with Gasteiger partial charge in [-0.2, -0.15) is 0 Å². The molecular formula is C16H23N3O2. The molecule has 2 unspecified atom stereocenters. The van der Waals surface area contributed by atoms with Gasteiger partial charge in [0.25, 0.3) is 0 Å². The van der Waals surface area contributed by atoms with E-state index < -0.39 is 5.97 Å². The number of aryl methyl sites for hydroxylation is 1. The summed E-state index contributed by atoms with van der Waals surface area (Å²) in [4.78, 5) is 20.5. The van der Waals surface area contributed by atoms with Crippen molar-refractivity contribution in [2.24, 2.45) is 0 Å². The Hall–Kier alpha value is -1.62. The highest BCUT2D eigenvalue weighted by Crippen LogP contribution is 2.30. The number of rotatable bonds is 2. The number of pyridine rings is 1. The first kappa shape index (κ1) is 14.3. The van der Waals surface area contributed by atoms with Crippen molar-refractivity contribution in [1.82, 2.24) is 9.88 Å². The van der Waals surface area contributed by atoms with Gasteiger partial charge in [-0.25, -0.2) is 4.79 Å². The summed E-state index contributed by atoms with van der Waals surface area (Å²) in [6, 6.07) is 2.81. The van der Waals surface area contributed by atoms with Gasteiger partial charge in [0.2, 0.25) is 0 Å². The summed E-state index contributed by atoms with van der Waals surface area (Å²) < 4.78 is 0. The third-order valence-electron chi connectivity index (χ3n) is 4.75. The molecule has 1 aromatic heterocycles. The molecule has 2 fully saturated rings. The standard InChI is InChI=1S/C16H23N3O2/c1-11-7-15(14(8-17-11)16(20)21)19-10-13-5-3-4-6-18(13)9-12(19)2/h7-8,12-13H,3-6,9-10H2,1-2H3,(H,20,21). The van der Waals surface area contributed by atoms with Gasteiger partial charge in [-0.3, -0.25) is 9.88 Å². The Morgan fingerprint density at radius 2 is 2.19 bits per heavy atom. The largest absolute Gasteiger partial charge is 0.478 e. The van der Waals surface area contributed by atoms with E-state index in [1.807, 2.05) is 13.0 Å². The number of carboxylic acid groups (broad SMARTS) is 1.